The zero-order valence-corrected chi connectivity index (χ0v) is 21.0. The van der Waals surface area contributed by atoms with E-state index in [9.17, 15) is 9.59 Å². The van der Waals surface area contributed by atoms with Gasteiger partial charge in [0, 0.05) is 22.8 Å². The average Bonchev–Trinajstić information content (AvgIpc) is 3.19. The number of allylic oxidation sites excluding steroid dienone is 1. The van der Waals surface area contributed by atoms with Crippen molar-refractivity contribution in [3.05, 3.63) is 83.2 Å². The van der Waals surface area contributed by atoms with E-state index in [-0.39, 0.29) is 29.5 Å². The summed E-state index contributed by atoms with van der Waals surface area (Å²) in [6, 6.07) is 14.0. The summed E-state index contributed by atoms with van der Waals surface area (Å²) >= 11 is 7.17. The number of nitrogens with one attached hydrogen (secondary N) is 2. The Morgan fingerprint density at radius 3 is 2.56 bits per heavy atom. The summed E-state index contributed by atoms with van der Waals surface area (Å²) in [7, 11) is 0. The molecule has 34 heavy (non-hydrogen) atoms. The van der Waals surface area contributed by atoms with Crippen LogP contribution >= 0.6 is 23.4 Å². The van der Waals surface area contributed by atoms with Gasteiger partial charge in [0.15, 0.2) is 11.0 Å². The number of aromatic nitrogens is 3. The quantitative estimate of drug-likeness (QED) is 0.293. The fraction of sp³-hybridized carbons (Fsp3) is 0.280. The van der Waals surface area contributed by atoms with Crippen molar-refractivity contribution in [2.75, 3.05) is 11.1 Å². The molecule has 0 aliphatic rings. The highest BCUT2D eigenvalue weighted by molar-refractivity contribution is 7.99. The molecule has 3 aromatic rings. The maximum atomic E-state index is 12.9. The van der Waals surface area contributed by atoms with Crippen LogP contribution in [0.3, 0.4) is 0 Å². The van der Waals surface area contributed by atoms with Crippen molar-refractivity contribution < 1.29 is 9.59 Å². The Balaban J connectivity index is 1.74. The molecule has 0 saturated heterocycles. The standard InChI is InChI=1S/C25H28ClN5O2S/c1-5-13-31-23(22(16(2)3)28-24(33)18-8-6-7-17(4)14-18)29-30-25(31)34-15-21(32)27-20-11-9-19(26)10-12-20/h5-12,14,16,22H,1,13,15H2,2-4H3,(H,27,32)(H,28,33)/t22-/m0/s1. The van der Waals surface area contributed by atoms with E-state index < -0.39 is 0 Å². The van der Waals surface area contributed by atoms with Crippen molar-refractivity contribution in [2.24, 2.45) is 5.92 Å². The number of amides is 2. The first kappa shape index (κ1) is 25.5. The van der Waals surface area contributed by atoms with E-state index in [2.05, 4.69) is 27.4 Å². The van der Waals surface area contributed by atoms with Crippen LogP contribution in [-0.4, -0.2) is 32.3 Å². The number of benzene rings is 2. The van der Waals surface area contributed by atoms with Gasteiger partial charge in [-0.05, 0) is 49.2 Å². The number of carbonyl (C=O) groups excluding carboxylic acids is 2. The number of nitrogens with zero attached hydrogens (tertiary/aromatic N) is 3. The summed E-state index contributed by atoms with van der Waals surface area (Å²) in [6.45, 7) is 10.3. The van der Waals surface area contributed by atoms with Crippen molar-refractivity contribution in [3.8, 4) is 0 Å². The van der Waals surface area contributed by atoms with Gasteiger partial charge in [0.05, 0.1) is 11.8 Å². The predicted octanol–water partition coefficient (Wildman–Crippen LogP) is 5.28. The highest BCUT2D eigenvalue weighted by atomic mass is 35.5. The maximum absolute atomic E-state index is 12.9. The highest BCUT2D eigenvalue weighted by Crippen LogP contribution is 2.26. The Kier molecular flexibility index (Phi) is 8.90. The van der Waals surface area contributed by atoms with Crippen molar-refractivity contribution in [1.29, 1.82) is 0 Å². The Morgan fingerprint density at radius 1 is 1.18 bits per heavy atom. The number of aryl methyl sites for hydroxylation is 1. The molecule has 0 fully saturated rings. The molecule has 178 valence electrons. The number of thioether (sulfide) groups is 1. The lowest BCUT2D eigenvalue weighted by atomic mass is 10.0. The predicted molar refractivity (Wildman–Crippen MR) is 137 cm³/mol. The van der Waals surface area contributed by atoms with Gasteiger partial charge < -0.3 is 15.2 Å². The highest BCUT2D eigenvalue weighted by Gasteiger charge is 2.26. The van der Waals surface area contributed by atoms with Gasteiger partial charge in [-0.15, -0.1) is 16.8 Å². The van der Waals surface area contributed by atoms with Crippen molar-refractivity contribution in [1.82, 2.24) is 20.1 Å². The van der Waals surface area contributed by atoms with Gasteiger partial charge in [-0.3, -0.25) is 9.59 Å². The lowest BCUT2D eigenvalue weighted by Crippen LogP contribution is -2.34. The summed E-state index contributed by atoms with van der Waals surface area (Å²) in [6.07, 6.45) is 1.74. The van der Waals surface area contributed by atoms with Crippen LogP contribution in [-0.2, 0) is 11.3 Å². The third-order valence-electron chi connectivity index (χ3n) is 5.03. The largest absolute Gasteiger partial charge is 0.342 e. The zero-order chi connectivity index (χ0) is 24.7. The van der Waals surface area contributed by atoms with E-state index in [4.69, 9.17) is 11.6 Å². The van der Waals surface area contributed by atoms with Gasteiger partial charge in [0.1, 0.15) is 0 Å². The molecule has 0 spiro atoms. The van der Waals surface area contributed by atoms with Crippen molar-refractivity contribution >= 4 is 40.9 Å². The second-order valence-corrected chi connectivity index (χ2v) is 9.53. The van der Waals surface area contributed by atoms with Gasteiger partial charge in [0.2, 0.25) is 5.91 Å². The third kappa shape index (κ3) is 6.71. The molecule has 0 saturated carbocycles. The average molecular weight is 498 g/mol. The van der Waals surface area contributed by atoms with E-state index >= 15 is 0 Å². The first-order chi connectivity index (χ1) is 16.3. The minimum atomic E-state index is -0.363. The molecule has 2 amide bonds. The zero-order valence-electron chi connectivity index (χ0n) is 19.4. The third-order valence-corrected chi connectivity index (χ3v) is 6.25. The molecule has 2 N–H and O–H groups in total. The van der Waals surface area contributed by atoms with Crippen LogP contribution in [0.2, 0.25) is 5.02 Å². The summed E-state index contributed by atoms with van der Waals surface area (Å²) in [5.74, 6) is 0.492. The van der Waals surface area contributed by atoms with Crippen LogP contribution in [0.5, 0.6) is 0 Å². The lowest BCUT2D eigenvalue weighted by molar-refractivity contribution is -0.113. The number of carbonyl (C=O) groups is 2. The van der Waals surface area contributed by atoms with Gasteiger partial charge in [0.25, 0.3) is 5.91 Å². The Morgan fingerprint density at radius 2 is 1.91 bits per heavy atom. The van der Waals surface area contributed by atoms with Gasteiger partial charge in [-0.1, -0.05) is 61.0 Å². The van der Waals surface area contributed by atoms with E-state index in [1.807, 2.05) is 43.5 Å². The van der Waals surface area contributed by atoms with Crippen molar-refractivity contribution in [3.63, 3.8) is 0 Å². The number of hydrogen-bond acceptors (Lipinski definition) is 5. The molecule has 1 heterocycles. The van der Waals surface area contributed by atoms with Crippen LogP contribution < -0.4 is 10.6 Å². The maximum Gasteiger partial charge on any atom is 0.251 e. The minimum Gasteiger partial charge on any atom is -0.342 e. The lowest BCUT2D eigenvalue weighted by Gasteiger charge is -2.22. The van der Waals surface area contributed by atoms with E-state index in [1.165, 1.54) is 11.8 Å². The molecule has 1 atom stereocenters. The molecule has 0 aliphatic carbocycles. The second-order valence-electron chi connectivity index (χ2n) is 8.15. The number of hydrogen-bond donors (Lipinski definition) is 2. The van der Waals surface area contributed by atoms with Crippen LogP contribution in [0.4, 0.5) is 5.69 Å². The number of halogens is 1. The second kappa shape index (κ2) is 11.9. The Bertz CT molecular complexity index is 1160. The molecule has 0 aliphatic heterocycles. The van der Waals surface area contributed by atoms with Gasteiger partial charge in [-0.25, -0.2) is 0 Å². The Labute approximate surface area is 209 Å². The molecule has 0 unspecified atom stereocenters. The molecule has 1 aromatic heterocycles. The summed E-state index contributed by atoms with van der Waals surface area (Å²) in [5.41, 5.74) is 2.27. The monoisotopic (exact) mass is 497 g/mol. The smallest absolute Gasteiger partial charge is 0.251 e. The van der Waals surface area contributed by atoms with Crippen LogP contribution in [0.25, 0.3) is 0 Å². The molecule has 9 heteroatoms. The minimum absolute atomic E-state index is 0.0626. The first-order valence-corrected chi connectivity index (χ1v) is 12.2. The molecule has 3 rings (SSSR count). The molecule has 0 radical (unpaired) electrons. The number of rotatable bonds is 10. The summed E-state index contributed by atoms with van der Waals surface area (Å²) in [5, 5.41) is 15.8. The topological polar surface area (TPSA) is 88.9 Å². The van der Waals surface area contributed by atoms with Crippen LogP contribution in [0, 0.1) is 12.8 Å². The van der Waals surface area contributed by atoms with Crippen LogP contribution in [0.1, 0.15) is 41.6 Å². The Hall–Kier alpha value is -3.10. The van der Waals surface area contributed by atoms with Gasteiger partial charge >= 0.3 is 0 Å². The molecule has 2 aromatic carbocycles. The molecule has 0 bridgehead atoms. The SMILES string of the molecule is C=CCn1c(SCC(=O)Nc2ccc(Cl)cc2)nnc1[C@@H](NC(=O)c1cccc(C)c1)C(C)C. The fourth-order valence-corrected chi connectivity index (χ4v) is 4.22. The number of anilines is 1. The van der Waals surface area contributed by atoms with E-state index in [0.717, 1.165) is 5.56 Å². The molecule has 7 nitrogen and oxygen atoms in total. The fourth-order valence-electron chi connectivity index (χ4n) is 3.34. The van der Waals surface area contributed by atoms with Crippen LogP contribution in [0.15, 0.2) is 66.3 Å². The molecular formula is C25H28ClN5O2S. The van der Waals surface area contributed by atoms with E-state index in [0.29, 0.717) is 33.8 Å². The summed E-state index contributed by atoms with van der Waals surface area (Å²) < 4.78 is 1.88. The van der Waals surface area contributed by atoms with Gasteiger partial charge in [-0.2, -0.15) is 0 Å². The normalized spacial score (nSPS) is 11.8. The molecular weight excluding hydrogens is 470 g/mol. The van der Waals surface area contributed by atoms with Crippen molar-refractivity contribution in [2.45, 2.75) is 38.5 Å². The summed E-state index contributed by atoms with van der Waals surface area (Å²) in [4.78, 5) is 25.3. The van der Waals surface area contributed by atoms with E-state index in [1.54, 1.807) is 36.4 Å². The first-order valence-electron chi connectivity index (χ1n) is 10.9.